The summed E-state index contributed by atoms with van der Waals surface area (Å²) >= 11 is 1.44. The second kappa shape index (κ2) is 5.77. The van der Waals surface area contributed by atoms with Crippen molar-refractivity contribution in [1.82, 2.24) is 0 Å². The number of hydrogen-bond donors (Lipinski definition) is 1. The Labute approximate surface area is 121 Å². The minimum atomic E-state index is -0.247. The van der Waals surface area contributed by atoms with Gasteiger partial charge in [0.15, 0.2) is 0 Å². The molecule has 1 aromatic heterocycles. The van der Waals surface area contributed by atoms with Crippen molar-refractivity contribution >= 4 is 17.3 Å². The van der Waals surface area contributed by atoms with Gasteiger partial charge in [-0.05, 0) is 47.4 Å². The van der Waals surface area contributed by atoms with Crippen molar-refractivity contribution < 1.29 is 14.6 Å². The largest absolute Gasteiger partial charge is 0.422 e. The average Bonchev–Trinajstić information content (AvgIpc) is 2.85. The Hall–Kier alpha value is -1.65. The van der Waals surface area contributed by atoms with E-state index in [1.54, 1.807) is 0 Å². The second-order valence-electron chi connectivity index (χ2n) is 4.93. The van der Waals surface area contributed by atoms with Gasteiger partial charge in [0, 0.05) is 13.0 Å². The fourth-order valence-electron chi connectivity index (χ4n) is 2.53. The molecule has 0 atom stereocenters. The van der Waals surface area contributed by atoms with Gasteiger partial charge in [-0.1, -0.05) is 18.2 Å². The molecule has 0 bridgehead atoms. The van der Waals surface area contributed by atoms with Crippen LogP contribution in [0.3, 0.4) is 0 Å². The number of carbonyl (C=O) groups is 1. The van der Waals surface area contributed by atoms with Crippen LogP contribution in [0.4, 0.5) is 0 Å². The summed E-state index contributed by atoms with van der Waals surface area (Å²) in [6, 6.07) is 8.03. The molecule has 3 nitrogen and oxygen atoms in total. The lowest BCUT2D eigenvalue weighted by atomic mass is 10.00. The normalized spacial score (nSPS) is 13.3. The van der Waals surface area contributed by atoms with E-state index < -0.39 is 0 Å². The predicted molar refractivity (Wildman–Crippen MR) is 78.5 cm³/mol. The van der Waals surface area contributed by atoms with E-state index in [9.17, 15) is 4.79 Å². The van der Waals surface area contributed by atoms with Crippen molar-refractivity contribution in [3.63, 3.8) is 0 Å². The van der Waals surface area contributed by atoms with E-state index in [1.165, 1.54) is 11.3 Å². The summed E-state index contributed by atoms with van der Waals surface area (Å²) in [6.45, 7) is 0.200. The summed E-state index contributed by atoms with van der Waals surface area (Å²) in [7, 11) is 0. The zero-order valence-electron chi connectivity index (χ0n) is 11.1. The maximum Gasteiger partial charge on any atom is 0.354 e. The lowest BCUT2D eigenvalue weighted by Gasteiger charge is -2.11. The molecule has 0 fully saturated rings. The molecule has 2 aromatic rings. The van der Waals surface area contributed by atoms with Gasteiger partial charge in [-0.2, -0.15) is 0 Å². The number of para-hydroxylation sites is 1. The SMILES string of the molecule is O=C1Oc2c(CCCCO)cccc2Cc2ccsc21. The lowest BCUT2D eigenvalue weighted by molar-refractivity contribution is 0.0739. The van der Waals surface area contributed by atoms with Crippen LogP contribution in [0.25, 0.3) is 0 Å². The number of esters is 1. The third kappa shape index (κ3) is 2.49. The number of benzene rings is 1. The molecule has 104 valence electrons. The Morgan fingerprint density at radius 3 is 2.95 bits per heavy atom. The number of rotatable bonds is 4. The highest BCUT2D eigenvalue weighted by Crippen LogP contribution is 2.34. The molecule has 0 saturated carbocycles. The number of fused-ring (bicyclic) bond motifs is 2. The van der Waals surface area contributed by atoms with Crippen molar-refractivity contribution in [2.45, 2.75) is 25.7 Å². The number of aliphatic hydroxyl groups excluding tert-OH is 1. The Balaban J connectivity index is 1.93. The second-order valence-corrected chi connectivity index (χ2v) is 5.84. The lowest BCUT2D eigenvalue weighted by Crippen LogP contribution is -2.08. The number of carbonyl (C=O) groups excluding carboxylic acids is 1. The third-order valence-electron chi connectivity index (χ3n) is 3.54. The van der Waals surface area contributed by atoms with Gasteiger partial charge in [0.1, 0.15) is 10.6 Å². The van der Waals surface area contributed by atoms with Gasteiger partial charge < -0.3 is 9.84 Å². The summed E-state index contributed by atoms with van der Waals surface area (Å²) in [5.41, 5.74) is 3.17. The summed E-state index contributed by atoms with van der Waals surface area (Å²) in [5.74, 6) is 0.474. The standard InChI is InChI=1S/C16H16O3S/c17-8-2-1-4-11-5-3-6-12-10-13-7-9-20-15(13)16(18)19-14(11)12/h3,5-7,9,17H,1-2,4,8,10H2. The van der Waals surface area contributed by atoms with Crippen molar-refractivity contribution in [3.05, 3.63) is 51.2 Å². The van der Waals surface area contributed by atoms with Crippen LogP contribution < -0.4 is 4.74 Å². The number of ether oxygens (including phenoxy) is 1. The van der Waals surface area contributed by atoms with Gasteiger partial charge in [-0.3, -0.25) is 0 Å². The molecule has 3 rings (SSSR count). The van der Waals surface area contributed by atoms with Crippen molar-refractivity contribution in [3.8, 4) is 5.75 Å². The zero-order chi connectivity index (χ0) is 13.9. The minimum absolute atomic E-state index is 0.200. The van der Waals surface area contributed by atoms with Crippen molar-refractivity contribution in [2.75, 3.05) is 6.61 Å². The summed E-state index contributed by atoms with van der Waals surface area (Å²) in [4.78, 5) is 12.9. The van der Waals surface area contributed by atoms with Crippen LogP contribution in [0.5, 0.6) is 5.75 Å². The van der Waals surface area contributed by atoms with Gasteiger partial charge >= 0.3 is 5.97 Å². The van der Waals surface area contributed by atoms with E-state index in [1.807, 2.05) is 29.6 Å². The monoisotopic (exact) mass is 288 g/mol. The van der Waals surface area contributed by atoms with Crippen LogP contribution in [-0.4, -0.2) is 17.7 Å². The highest BCUT2D eigenvalue weighted by atomic mass is 32.1. The molecule has 1 N–H and O–H groups in total. The quantitative estimate of drug-likeness (QED) is 0.534. The first-order valence-corrected chi connectivity index (χ1v) is 7.67. The first kappa shape index (κ1) is 13.3. The van der Waals surface area contributed by atoms with E-state index >= 15 is 0 Å². The maximum absolute atomic E-state index is 12.2. The van der Waals surface area contributed by atoms with Crippen LogP contribution in [0.1, 0.15) is 39.2 Å². The molecular weight excluding hydrogens is 272 g/mol. The van der Waals surface area contributed by atoms with Gasteiger partial charge in [0.2, 0.25) is 0 Å². The molecule has 0 radical (unpaired) electrons. The molecule has 20 heavy (non-hydrogen) atoms. The van der Waals surface area contributed by atoms with Crippen LogP contribution in [-0.2, 0) is 12.8 Å². The summed E-state index contributed by atoms with van der Waals surface area (Å²) in [5, 5.41) is 10.8. The predicted octanol–water partition coefficient (Wildman–Crippen LogP) is 3.19. The molecule has 4 heteroatoms. The number of thiophene rings is 1. The Bertz CT molecular complexity index is 630. The Morgan fingerprint density at radius 2 is 2.10 bits per heavy atom. The highest BCUT2D eigenvalue weighted by Gasteiger charge is 2.24. The minimum Gasteiger partial charge on any atom is -0.422 e. The molecule has 0 unspecified atom stereocenters. The van der Waals surface area contributed by atoms with Crippen LogP contribution in [0.2, 0.25) is 0 Å². The molecule has 0 aliphatic carbocycles. The third-order valence-corrected chi connectivity index (χ3v) is 4.48. The molecule has 0 saturated heterocycles. The molecule has 2 heterocycles. The molecular formula is C16H16O3S. The fourth-order valence-corrected chi connectivity index (χ4v) is 3.33. The molecule has 0 spiro atoms. The maximum atomic E-state index is 12.2. The Morgan fingerprint density at radius 1 is 1.20 bits per heavy atom. The van der Waals surface area contributed by atoms with Gasteiger partial charge in [0.05, 0.1) is 0 Å². The molecule has 1 aliphatic heterocycles. The smallest absolute Gasteiger partial charge is 0.354 e. The average molecular weight is 288 g/mol. The molecule has 1 aliphatic rings. The van der Waals surface area contributed by atoms with Gasteiger partial charge in [-0.15, -0.1) is 11.3 Å². The van der Waals surface area contributed by atoms with Crippen LogP contribution in [0.15, 0.2) is 29.6 Å². The number of hydrogen-bond acceptors (Lipinski definition) is 4. The number of aryl methyl sites for hydroxylation is 1. The molecule has 1 aromatic carbocycles. The van der Waals surface area contributed by atoms with Crippen LogP contribution >= 0.6 is 11.3 Å². The first-order valence-electron chi connectivity index (χ1n) is 6.80. The van der Waals surface area contributed by atoms with Gasteiger partial charge in [0.25, 0.3) is 0 Å². The number of unbranched alkanes of at least 4 members (excludes halogenated alkanes) is 1. The zero-order valence-corrected chi connectivity index (χ0v) is 11.9. The van der Waals surface area contributed by atoms with Crippen molar-refractivity contribution in [1.29, 1.82) is 0 Å². The fraction of sp³-hybridized carbons (Fsp3) is 0.312. The topological polar surface area (TPSA) is 46.5 Å². The summed E-state index contributed by atoms with van der Waals surface area (Å²) in [6.07, 6.45) is 3.23. The van der Waals surface area contributed by atoms with E-state index in [4.69, 9.17) is 9.84 Å². The number of aliphatic hydroxyl groups is 1. The van der Waals surface area contributed by atoms with Crippen molar-refractivity contribution in [2.24, 2.45) is 0 Å². The highest BCUT2D eigenvalue weighted by molar-refractivity contribution is 7.12. The summed E-state index contributed by atoms with van der Waals surface area (Å²) < 4.78 is 5.61. The van der Waals surface area contributed by atoms with E-state index in [-0.39, 0.29) is 12.6 Å². The van der Waals surface area contributed by atoms with E-state index in [2.05, 4.69) is 0 Å². The van der Waals surface area contributed by atoms with Crippen LogP contribution in [0, 0.1) is 0 Å². The first-order chi connectivity index (χ1) is 9.79. The Kier molecular flexibility index (Phi) is 3.85. The van der Waals surface area contributed by atoms with E-state index in [0.29, 0.717) is 4.88 Å². The van der Waals surface area contributed by atoms with Gasteiger partial charge in [-0.25, -0.2) is 4.79 Å². The molecule has 0 amide bonds. The van der Waals surface area contributed by atoms with E-state index in [0.717, 1.165) is 48.1 Å².